The highest BCUT2D eigenvalue weighted by atomic mass is 19.1. The number of nitrogens with zero attached hydrogens (tertiary/aromatic N) is 5. The fraction of sp³-hybridized carbons (Fsp3) is 0.378. The second-order valence-electron chi connectivity index (χ2n) is 13.8. The molecular formula is C37H39FN6O3. The van der Waals surface area contributed by atoms with E-state index in [-0.39, 0.29) is 35.4 Å². The minimum absolute atomic E-state index is 0.0224. The van der Waals surface area contributed by atoms with E-state index in [1.165, 1.54) is 12.1 Å². The number of anilines is 1. The van der Waals surface area contributed by atoms with Crippen molar-refractivity contribution in [2.24, 2.45) is 11.3 Å². The van der Waals surface area contributed by atoms with Crippen LogP contribution in [0.25, 0.3) is 11.3 Å². The van der Waals surface area contributed by atoms with Crippen LogP contribution < -0.4 is 15.0 Å². The van der Waals surface area contributed by atoms with Crippen LogP contribution in [0.4, 0.5) is 10.2 Å². The van der Waals surface area contributed by atoms with Gasteiger partial charge in [-0.15, -0.1) is 0 Å². The summed E-state index contributed by atoms with van der Waals surface area (Å²) in [6, 6.07) is 20.0. The van der Waals surface area contributed by atoms with E-state index < -0.39 is 11.7 Å². The number of aromatic nitrogens is 3. The maximum Gasteiger partial charge on any atom is 0.254 e. The summed E-state index contributed by atoms with van der Waals surface area (Å²) in [4.78, 5) is 34.4. The van der Waals surface area contributed by atoms with Crippen LogP contribution in [-0.4, -0.2) is 57.6 Å². The van der Waals surface area contributed by atoms with Gasteiger partial charge in [-0.2, -0.15) is 10.2 Å². The van der Waals surface area contributed by atoms with Crippen LogP contribution >= 0.6 is 0 Å². The lowest BCUT2D eigenvalue weighted by atomic mass is 9.60. The molecule has 2 aromatic heterocycles. The van der Waals surface area contributed by atoms with Gasteiger partial charge in [0.05, 0.1) is 17.0 Å². The Labute approximate surface area is 274 Å². The Bertz CT molecular complexity index is 1770. The zero-order chi connectivity index (χ0) is 32.7. The third kappa shape index (κ3) is 6.41. The Kier molecular flexibility index (Phi) is 8.11. The molecule has 47 heavy (non-hydrogen) atoms. The van der Waals surface area contributed by atoms with Crippen LogP contribution in [0.1, 0.15) is 67.6 Å². The summed E-state index contributed by atoms with van der Waals surface area (Å²) in [7, 11) is 0. The number of ether oxygens (including phenoxy) is 1. The highest BCUT2D eigenvalue weighted by Gasteiger charge is 2.53. The van der Waals surface area contributed by atoms with Gasteiger partial charge in [0.1, 0.15) is 23.1 Å². The zero-order valence-corrected chi connectivity index (χ0v) is 26.9. The number of halogens is 1. The minimum Gasteiger partial charge on any atom is -0.457 e. The Morgan fingerprint density at radius 2 is 1.85 bits per heavy atom. The van der Waals surface area contributed by atoms with E-state index in [9.17, 15) is 9.59 Å². The number of rotatable bonds is 9. The molecule has 3 fully saturated rings. The first-order chi connectivity index (χ1) is 22.6. The zero-order valence-electron chi connectivity index (χ0n) is 26.9. The summed E-state index contributed by atoms with van der Waals surface area (Å²) < 4.78 is 21.9. The molecule has 1 aliphatic carbocycles. The quantitative estimate of drug-likeness (QED) is 0.229. The van der Waals surface area contributed by atoms with Gasteiger partial charge in [-0.1, -0.05) is 26.8 Å². The van der Waals surface area contributed by atoms with Crippen LogP contribution in [-0.2, 0) is 11.3 Å². The third-order valence-corrected chi connectivity index (χ3v) is 9.54. The van der Waals surface area contributed by atoms with E-state index in [4.69, 9.17) is 4.74 Å². The van der Waals surface area contributed by atoms with E-state index >= 15 is 4.39 Å². The fourth-order valence-electron chi connectivity index (χ4n) is 7.02. The molecule has 7 rings (SSSR count). The Morgan fingerprint density at radius 1 is 1.06 bits per heavy atom. The monoisotopic (exact) mass is 634 g/mol. The summed E-state index contributed by atoms with van der Waals surface area (Å²) in [5, 5.41) is 11.7. The molecule has 0 bridgehead atoms. The highest BCUT2D eigenvalue weighted by Crippen LogP contribution is 2.49. The van der Waals surface area contributed by atoms with Crippen molar-refractivity contribution in [3.63, 3.8) is 0 Å². The molecule has 2 aliphatic heterocycles. The number of carbonyl (C=O) groups excluding carboxylic acids is 2. The Hall–Kier alpha value is -4.86. The molecular weight excluding hydrogens is 595 g/mol. The van der Waals surface area contributed by atoms with Crippen molar-refractivity contribution in [2.75, 3.05) is 24.5 Å². The molecule has 242 valence electrons. The molecule has 0 radical (unpaired) electrons. The van der Waals surface area contributed by atoms with Crippen molar-refractivity contribution < 1.29 is 18.7 Å². The van der Waals surface area contributed by atoms with Crippen LogP contribution in [0.5, 0.6) is 11.5 Å². The lowest BCUT2D eigenvalue weighted by Crippen LogP contribution is -2.66. The van der Waals surface area contributed by atoms with E-state index in [1.807, 2.05) is 61.5 Å². The molecule has 1 saturated carbocycles. The number of carbonyl (C=O) groups is 2. The van der Waals surface area contributed by atoms with Crippen molar-refractivity contribution in [1.82, 2.24) is 25.4 Å². The number of hydrogen-bond acceptors (Lipinski definition) is 7. The number of likely N-dealkylation sites (tertiary alicyclic amines) is 1. The summed E-state index contributed by atoms with van der Waals surface area (Å²) >= 11 is 0. The van der Waals surface area contributed by atoms with Gasteiger partial charge in [0.15, 0.2) is 0 Å². The summed E-state index contributed by atoms with van der Waals surface area (Å²) in [6.45, 7) is 8.77. The van der Waals surface area contributed by atoms with Gasteiger partial charge in [0.2, 0.25) is 5.91 Å². The molecule has 0 unspecified atom stereocenters. The van der Waals surface area contributed by atoms with Gasteiger partial charge >= 0.3 is 0 Å². The first-order valence-corrected chi connectivity index (χ1v) is 16.3. The molecule has 4 aromatic rings. The van der Waals surface area contributed by atoms with E-state index in [0.717, 1.165) is 48.7 Å². The molecule has 2 amide bonds. The number of pyridine rings is 1. The van der Waals surface area contributed by atoms with Gasteiger partial charge in [0, 0.05) is 61.4 Å². The van der Waals surface area contributed by atoms with Crippen molar-refractivity contribution >= 4 is 17.6 Å². The number of benzene rings is 2. The van der Waals surface area contributed by atoms with Crippen LogP contribution in [0.2, 0.25) is 0 Å². The molecule has 2 saturated heterocycles. The molecule has 3 aliphatic rings. The molecule has 2 aromatic carbocycles. The van der Waals surface area contributed by atoms with Crippen molar-refractivity contribution in [3.8, 4) is 22.8 Å². The number of hydrogen-bond donors (Lipinski definition) is 1. The summed E-state index contributed by atoms with van der Waals surface area (Å²) in [6.07, 6.45) is 3.95. The SMILES string of the molecule is CC(C)c1ccc(-c2ccc(Oc3cc(C(=O)NC4CC5(C4)CN(c4ccccn4)C5)c(F)cc3CN3C[C@@H](C)CC3=O)cc2)nn1. The van der Waals surface area contributed by atoms with Gasteiger partial charge in [-0.3, -0.25) is 9.59 Å². The van der Waals surface area contributed by atoms with Gasteiger partial charge in [0.25, 0.3) is 5.91 Å². The van der Waals surface area contributed by atoms with Crippen LogP contribution in [0, 0.1) is 17.2 Å². The topological polar surface area (TPSA) is 101 Å². The predicted molar refractivity (Wildman–Crippen MR) is 177 cm³/mol. The largest absolute Gasteiger partial charge is 0.457 e. The second-order valence-corrected chi connectivity index (χ2v) is 13.8. The van der Waals surface area contributed by atoms with Crippen molar-refractivity contribution in [2.45, 2.75) is 58.5 Å². The lowest BCUT2D eigenvalue weighted by Gasteiger charge is -2.59. The average Bonchev–Trinajstić information content (AvgIpc) is 3.35. The first kappa shape index (κ1) is 30.8. The lowest BCUT2D eigenvalue weighted by molar-refractivity contribution is -0.128. The standard InChI is InChI=1S/C37H39FN6O3/c1-23(2)31-11-12-32(42-41-31)25-7-9-28(10-8-25)47-33-16-29(30(38)15-26(33)20-43-19-24(3)14-35(43)45)36(46)40-27-17-37(18-27)21-44(22-37)34-6-4-5-13-39-34/h4-13,15-16,23-24,27H,14,17-22H2,1-3H3,(H,40,46)/t24-/m0/s1. The molecule has 10 heteroatoms. The minimum atomic E-state index is -0.637. The molecule has 4 heterocycles. The van der Waals surface area contributed by atoms with Crippen LogP contribution in [0.15, 0.2) is 72.9 Å². The summed E-state index contributed by atoms with van der Waals surface area (Å²) in [5.41, 5.74) is 3.14. The normalized spacial score (nSPS) is 18.7. The maximum atomic E-state index is 15.6. The number of amides is 2. The van der Waals surface area contributed by atoms with E-state index in [2.05, 4.69) is 39.2 Å². The van der Waals surface area contributed by atoms with E-state index in [0.29, 0.717) is 35.9 Å². The second kappa shape index (κ2) is 12.4. The molecule has 1 N–H and O–H groups in total. The van der Waals surface area contributed by atoms with Gasteiger partial charge < -0.3 is 19.9 Å². The van der Waals surface area contributed by atoms with Gasteiger partial charge in [-0.05, 0) is 85.3 Å². The van der Waals surface area contributed by atoms with Crippen LogP contribution in [0.3, 0.4) is 0 Å². The van der Waals surface area contributed by atoms with Crippen molar-refractivity contribution in [3.05, 3.63) is 95.6 Å². The number of nitrogens with one attached hydrogen (secondary N) is 1. The maximum absolute atomic E-state index is 15.6. The summed E-state index contributed by atoms with van der Waals surface area (Å²) in [5.74, 6) is 1.26. The molecule has 1 spiro atoms. The van der Waals surface area contributed by atoms with Gasteiger partial charge in [-0.25, -0.2) is 9.37 Å². The smallest absolute Gasteiger partial charge is 0.254 e. The first-order valence-electron chi connectivity index (χ1n) is 16.3. The Morgan fingerprint density at radius 3 is 2.49 bits per heavy atom. The molecule has 1 atom stereocenters. The predicted octanol–water partition coefficient (Wildman–Crippen LogP) is 6.36. The van der Waals surface area contributed by atoms with Crippen molar-refractivity contribution in [1.29, 1.82) is 0 Å². The highest BCUT2D eigenvalue weighted by molar-refractivity contribution is 5.95. The van der Waals surface area contributed by atoms with E-state index in [1.54, 1.807) is 11.1 Å². The fourth-order valence-corrected chi connectivity index (χ4v) is 7.02. The average molecular weight is 635 g/mol. The molecule has 9 nitrogen and oxygen atoms in total. The Balaban J connectivity index is 1.06. The third-order valence-electron chi connectivity index (χ3n) is 9.54.